The van der Waals surface area contributed by atoms with Gasteiger partial charge in [0.25, 0.3) is 5.91 Å². The number of piperidine rings is 2. The third-order valence-corrected chi connectivity index (χ3v) is 8.84. The number of amides is 1. The number of hydrogen-bond acceptors (Lipinski definition) is 5. The average molecular weight is 464 g/mol. The normalized spacial score (nSPS) is 26.9. The number of nitrogens with zero attached hydrogens (tertiary/aromatic N) is 3. The third-order valence-electron chi connectivity index (χ3n) is 6.95. The van der Waals surface area contributed by atoms with Gasteiger partial charge >= 0.3 is 0 Å². The summed E-state index contributed by atoms with van der Waals surface area (Å²) in [7, 11) is -3.54. The van der Waals surface area contributed by atoms with Crippen LogP contribution in [0.1, 0.15) is 56.3 Å². The van der Waals surface area contributed by atoms with Crippen LogP contribution in [0.4, 0.5) is 0 Å². The van der Waals surface area contributed by atoms with Crippen molar-refractivity contribution in [3.8, 4) is 0 Å². The lowest BCUT2D eigenvalue weighted by atomic mass is 9.95. The molecule has 3 aliphatic rings. The van der Waals surface area contributed by atoms with Crippen LogP contribution in [0.25, 0.3) is 0 Å². The number of rotatable bonds is 5. The van der Waals surface area contributed by atoms with Gasteiger partial charge in [-0.25, -0.2) is 8.42 Å². The summed E-state index contributed by atoms with van der Waals surface area (Å²) >= 11 is 0. The third kappa shape index (κ3) is 5.53. The number of hydrogen-bond donors (Lipinski definition) is 0. The highest BCUT2D eigenvalue weighted by Gasteiger charge is 2.30. The first kappa shape index (κ1) is 23.7. The average Bonchev–Trinajstić information content (AvgIpc) is 2.79. The van der Waals surface area contributed by atoms with Crippen molar-refractivity contribution in [2.24, 2.45) is 5.92 Å². The van der Waals surface area contributed by atoms with Crippen molar-refractivity contribution in [1.29, 1.82) is 0 Å². The number of morpholine rings is 1. The Hall–Kier alpha value is -1.48. The first-order chi connectivity index (χ1) is 15.3. The van der Waals surface area contributed by atoms with Crippen LogP contribution in [0.2, 0.25) is 0 Å². The summed E-state index contributed by atoms with van der Waals surface area (Å²) in [5, 5.41) is 0. The van der Waals surface area contributed by atoms with E-state index in [2.05, 4.69) is 18.7 Å². The molecule has 0 bridgehead atoms. The van der Waals surface area contributed by atoms with Gasteiger partial charge in [-0.05, 0) is 63.6 Å². The van der Waals surface area contributed by atoms with E-state index in [-0.39, 0.29) is 23.0 Å². The SMILES string of the molecule is CC1CN(CC2CCN(C(=O)c3cccc(S(=O)(=O)N4CCCCC4)c3)CC2)CC(C)O1. The zero-order chi connectivity index (χ0) is 22.7. The lowest BCUT2D eigenvalue weighted by Gasteiger charge is -2.39. The molecule has 0 spiro atoms. The van der Waals surface area contributed by atoms with Gasteiger partial charge in [-0.2, -0.15) is 4.31 Å². The molecule has 2 unspecified atom stereocenters. The van der Waals surface area contributed by atoms with Crippen LogP contribution in [0.3, 0.4) is 0 Å². The molecule has 0 aliphatic carbocycles. The van der Waals surface area contributed by atoms with E-state index >= 15 is 0 Å². The number of likely N-dealkylation sites (tertiary alicyclic amines) is 1. The second kappa shape index (κ2) is 10.2. The van der Waals surface area contributed by atoms with E-state index in [4.69, 9.17) is 4.74 Å². The summed E-state index contributed by atoms with van der Waals surface area (Å²) in [5.74, 6) is 0.523. The van der Waals surface area contributed by atoms with Crippen molar-refractivity contribution in [2.45, 2.75) is 63.1 Å². The minimum atomic E-state index is -3.54. The second-order valence-electron chi connectivity index (χ2n) is 9.70. The fourth-order valence-electron chi connectivity index (χ4n) is 5.34. The molecular formula is C24H37N3O4S. The topological polar surface area (TPSA) is 70.2 Å². The lowest BCUT2D eigenvalue weighted by molar-refractivity contribution is -0.0728. The molecule has 32 heavy (non-hydrogen) atoms. The molecule has 178 valence electrons. The Labute approximate surface area is 192 Å². The highest BCUT2D eigenvalue weighted by atomic mass is 32.2. The number of ether oxygens (including phenoxy) is 1. The highest BCUT2D eigenvalue weighted by Crippen LogP contribution is 2.24. The molecule has 0 saturated carbocycles. The summed E-state index contributed by atoms with van der Waals surface area (Å²) in [6, 6.07) is 6.60. The van der Waals surface area contributed by atoms with Crippen molar-refractivity contribution >= 4 is 15.9 Å². The van der Waals surface area contributed by atoms with Gasteiger partial charge in [-0.1, -0.05) is 12.5 Å². The van der Waals surface area contributed by atoms with Crippen molar-refractivity contribution in [3.05, 3.63) is 29.8 Å². The maximum Gasteiger partial charge on any atom is 0.253 e. The van der Waals surface area contributed by atoms with Crippen molar-refractivity contribution < 1.29 is 17.9 Å². The van der Waals surface area contributed by atoms with Gasteiger partial charge in [0.2, 0.25) is 10.0 Å². The first-order valence-corrected chi connectivity index (χ1v) is 13.5. The van der Waals surface area contributed by atoms with Crippen LogP contribution in [0.5, 0.6) is 0 Å². The van der Waals surface area contributed by atoms with Crippen molar-refractivity contribution in [3.63, 3.8) is 0 Å². The molecule has 3 fully saturated rings. The van der Waals surface area contributed by atoms with E-state index in [1.54, 1.807) is 28.6 Å². The summed E-state index contributed by atoms with van der Waals surface area (Å²) in [5.41, 5.74) is 0.470. The smallest absolute Gasteiger partial charge is 0.253 e. The maximum atomic E-state index is 13.1. The van der Waals surface area contributed by atoms with E-state index in [9.17, 15) is 13.2 Å². The molecule has 0 N–H and O–H groups in total. The van der Waals surface area contributed by atoms with Gasteiger partial charge in [-0.3, -0.25) is 9.69 Å². The van der Waals surface area contributed by atoms with Gasteiger partial charge in [0.1, 0.15) is 0 Å². The minimum Gasteiger partial charge on any atom is -0.373 e. The van der Waals surface area contributed by atoms with Crippen LogP contribution in [0, 0.1) is 5.92 Å². The molecule has 3 heterocycles. The Kier molecular flexibility index (Phi) is 7.54. The summed E-state index contributed by atoms with van der Waals surface area (Å²) in [6.07, 6.45) is 5.38. The summed E-state index contributed by atoms with van der Waals surface area (Å²) < 4.78 is 33.4. The number of sulfonamides is 1. The summed E-state index contributed by atoms with van der Waals surface area (Å²) in [4.78, 5) is 17.7. The van der Waals surface area contributed by atoms with Crippen LogP contribution in [0.15, 0.2) is 29.2 Å². The molecule has 3 saturated heterocycles. The van der Waals surface area contributed by atoms with Crippen molar-refractivity contribution in [1.82, 2.24) is 14.1 Å². The van der Waals surface area contributed by atoms with E-state index in [1.165, 1.54) is 0 Å². The molecule has 3 aliphatic heterocycles. The maximum absolute atomic E-state index is 13.1. The molecule has 7 nitrogen and oxygen atoms in total. The van der Waals surface area contributed by atoms with Crippen LogP contribution >= 0.6 is 0 Å². The molecule has 1 aromatic carbocycles. The molecule has 4 rings (SSSR count). The quantitative estimate of drug-likeness (QED) is 0.672. The highest BCUT2D eigenvalue weighted by molar-refractivity contribution is 7.89. The largest absolute Gasteiger partial charge is 0.373 e. The fourth-order valence-corrected chi connectivity index (χ4v) is 6.91. The second-order valence-corrected chi connectivity index (χ2v) is 11.6. The Balaban J connectivity index is 1.35. The van der Waals surface area contributed by atoms with Crippen LogP contribution in [-0.2, 0) is 14.8 Å². The molecule has 1 amide bonds. The molecular weight excluding hydrogens is 426 g/mol. The monoisotopic (exact) mass is 463 g/mol. The number of carbonyl (C=O) groups excluding carboxylic acids is 1. The number of carbonyl (C=O) groups is 1. The molecule has 0 aromatic heterocycles. The predicted octanol–water partition coefficient (Wildman–Crippen LogP) is 2.82. The van der Waals surface area contributed by atoms with E-state index in [0.717, 1.165) is 64.8 Å². The molecule has 2 atom stereocenters. The Bertz CT molecular complexity index is 882. The van der Waals surface area contributed by atoms with E-state index in [1.807, 2.05) is 4.90 Å². The van der Waals surface area contributed by atoms with Gasteiger partial charge in [0.05, 0.1) is 17.1 Å². The van der Waals surface area contributed by atoms with E-state index in [0.29, 0.717) is 24.6 Å². The van der Waals surface area contributed by atoms with Crippen LogP contribution in [-0.4, -0.2) is 86.5 Å². The summed E-state index contributed by atoms with van der Waals surface area (Å²) in [6.45, 7) is 9.84. The zero-order valence-electron chi connectivity index (χ0n) is 19.4. The zero-order valence-corrected chi connectivity index (χ0v) is 20.2. The van der Waals surface area contributed by atoms with E-state index < -0.39 is 10.0 Å². The number of benzene rings is 1. The lowest BCUT2D eigenvalue weighted by Crippen LogP contribution is -2.48. The predicted molar refractivity (Wildman–Crippen MR) is 124 cm³/mol. The van der Waals surface area contributed by atoms with Gasteiger partial charge in [0, 0.05) is 51.4 Å². The first-order valence-electron chi connectivity index (χ1n) is 12.1. The Morgan fingerprint density at radius 1 is 1.00 bits per heavy atom. The fraction of sp³-hybridized carbons (Fsp3) is 0.708. The van der Waals surface area contributed by atoms with Crippen molar-refractivity contribution in [2.75, 3.05) is 45.8 Å². The molecule has 8 heteroatoms. The van der Waals surface area contributed by atoms with Gasteiger partial charge in [-0.15, -0.1) is 0 Å². The molecule has 0 radical (unpaired) electrons. The molecule has 1 aromatic rings. The Morgan fingerprint density at radius 2 is 1.66 bits per heavy atom. The van der Waals surface area contributed by atoms with Gasteiger partial charge < -0.3 is 9.64 Å². The Morgan fingerprint density at radius 3 is 2.31 bits per heavy atom. The van der Waals surface area contributed by atoms with Crippen LogP contribution < -0.4 is 0 Å². The standard InChI is InChI=1S/C24H37N3O4S/c1-19-16-25(17-20(2)31-19)18-21-9-13-26(14-10-21)24(28)22-7-6-8-23(15-22)32(29,30)27-11-4-3-5-12-27/h6-8,15,19-21H,3-5,9-14,16-18H2,1-2H3. The van der Waals surface area contributed by atoms with Gasteiger partial charge in [0.15, 0.2) is 0 Å². The minimum absolute atomic E-state index is 0.0623.